The van der Waals surface area contributed by atoms with E-state index in [1.165, 1.54) is 78.0 Å². The molecule has 0 spiro atoms. The van der Waals surface area contributed by atoms with E-state index in [1.807, 2.05) is 6.08 Å². The topological polar surface area (TPSA) is 26.3 Å². The van der Waals surface area contributed by atoms with Gasteiger partial charge < -0.3 is 4.74 Å². The predicted molar refractivity (Wildman–Crippen MR) is 112 cm³/mol. The summed E-state index contributed by atoms with van der Waals surface area (Å²) in [6, 6.07) is 8.90. The molecule has 0 aromatic heterocycles. The van der Waals surface area contributed by atoms with E-state index in [1.54, 1.807) is 5.57 Å². The zero-order valence-electron chi connectivity index (χ0n) is 16.2. The minimum atomic E-state index is 0.525. The fourth-order valence-corrected chi connectivity index (χ4v) is 4.59. The van der Waals surface area contributed by atoms with E-state index in [2.05, 4.69) is 37.3 Å². The Kier molecular flexibility index (Phi) is 5.42. The molecule has 0 saturated heterocycles. The Morgan fingerprint density at radius 1 is 0.852 bits per heavy atom. The van der Waals surface area contributed by atoms with Crippen LogP contribution < -0.4 is 0 Å². The molecule has 0 unspecified atom stereocenters. The van der Waals surface area contributed by atoms with Crippen molar-refractivity contribution in [2.45, 2.75) is 64.7 Å². The maximum Gasteiger partial charge on any atom is 0.298 e. The molecule has 0 bridgehead atoms. The van der Waals surface area contributed by atoms with Gasteiger partial charge in [0.2, 0.25) is 0 Å². The lowest BCUT2D eigenvalue weighted by Gasteiger charge is -2.23. The van der Waals surface area contributed by atoms with Crippen LogP contribution in [0.4, 0.5) is 0 Å². The molecule has 0 aliphatic heterocycles. The standard InChI is InChI=1S/C25H28O2/c1-2-3-4-5-6-7-8-18-13-19-9-11-21-15-23(27-17-26)16-22-12-10-20(14-18)24(19)25(21)22/h9-13,16-17H,2-8,14-15H2,1H3. The summed E-state index contributed by atoms with van der Waals surface area (Å²) >= 11 is 0. The van der Waals surface area contributed by atoms with Gasteiger partial charge in [-0.25, -0.2) is 0 Å². The van der Waals surface area contributed by atoms with E-state index < -0.39 is 0 Å². The van der Waals surface area contributed by atoms with E-state index in [0.29, 0.717) is 12.9 Å². The van der Waals surface area contributed by atoms with Crippen LogP contribution >= 0.6 is 0 Å². The van der Waals surface area contributed by atoms with Crippen molar-refractivity contribution >= 4 is 29.4 Å². The fourth-order valence-electron chi connectivity index (χ4n) is 4.59. The third kappa shape index (κ3) is 3.71. The van der Waals surface area contributed by atoms with Crippen molar-refractivity contribution in [2.24, 2.45) is 0 Å². The van der Waals surface area contributed by atoms with Gasteiger partial charge in [0.15, 0.2) is 0 Å². The number of rotatable bonds is 9. The van der Waals surface area contributed by atoms with E-state index in [9.17, 15) is 4.79 Å². The molecule has 2 nitrogen and oxygen atoms in total. The maximum absolute atomic E-state index is 10.7. The molecule has 0 atom stereocenters. The predicted octanol–water partition coefficient (Wildman–Crippen LogP) is 6.60. The molecule has 140 valence electrons. The summed E-state index contributed by atoms with van der Waals surface area (Å²) in [4.78, 5) is 10.7. The molecule has 2 aromatic carbocycles. The first-order chi connectivity index (χ1) is 13.3. The molecule has 0 saturated carbocycles. The average Bonchev–Trinajstić information content (AvgIpc) is 2.68. The maximum atomic E-state index is 10.7. The average molecular weight is 360 g/mol. The van der Waals surface area contributed by atoms with Crippen LogP contribution in [-0.2, 0) is 22.4 Å². The molecule has 0 fully saturated rings. The summed E-state index contributed by atoms with van der Waals surface area (Å²) in [6.45, 7) is 2.80. The molecule has 0 radical (unpaired) electrons. The third-order valence-corrected chi connectivity index (χ3v) is 5.91. The summed E-state index contributed by atoms with van der Waals surface area (Å²) in [7, 11) is 0. The molecule has 2 heteroatoms. The van der Waals surface area contributed by atoms with Crippen molar-refractivity contribution < 1.29 is 9.53 Å². The van der Waals surface area contributed by atoms with Crippen molar-refractivity contribution in [3.63, 3.8) is 0 Å². The zero-order valence-corrected chi connectivity index (χ0v) is 16.2. The Morgan fingerprint density at radius 2 is 1.52 bits per heavy atom. The van der Waals surface area contributed by atoms with E-state index in [4.69, 9.17) is 4.74 Å². The van der Waals surface area contributed by atoms with E-state index in [0.717, 1.165) is 12.2 Å². The lowest BCUT2D eigenvalue weighted by molar-refractivity contribution is -0.125. The van der Waals surface area contributed by atoms with Crippen molar-refractivity contribution in [3.05, 3.63) is 57.9 Å². The van der Waals surface area contributed by atoms with Gasteiger partial charge in [0, 0.05) is 6.42 Å². The lowest BCUT2D eigenvalue weighted by Crippen LogP contribution is -2.06. The Hall–Kier alpha value is -2.35. The number of hydrogen-bond donors (Lipinski definition) is 0. The van der Waals surface area contributed by atoms with Crippen LogP contribution in [0.2, 0.25) is 0 Å². The van der Waals surface area contributed by atoms with Gasteiger partial charge >= 0.3 is 0 Å². The molecular weight excluding hydrogens is 332 g/mol. The van der Waals surface area contributed by atoms with E-state index >= 15 is 0 Å². The lowest BCUT2D eigenvalue weighted by atomic mass is 9.82. The summed E-state index contributed by atoms with van der Waals surface area (Å²) < 4.78 is 5.14. The van der Waals surface area contributed by atoms with Crippen molar-refractivity contribution in [2.75, 3.05) is 0 Å². The van der Waals surface area contributed by atoms with Crippen molar-refractivity contribution in [1.29, 1.82) is 0 Å². The largest absolute Gasteiger partial charge is 0.433 e. The molecule has 0 amide bonds. The van der Waals surface area contributed by atoms with Gasteiger partial charge in [-0.3, -0.25) is 4.79 Å². The van der Waals surface area contributed by atoms with Crippen LogP contribution in [-0.4, -0.2) is 6.47 Å². The molecule has 2 aliphatic rings. The Bertz CT molecular complexity index is 918. The Morgan fingerprint density at radius 3 is 2.26 bits per heavy atom. The minimum Gasteiger partial charge on any atom is -0.433 e. The number of allylic oxidation sites excluding steroid dienone is 2. The van der Waals surface area contributed by atoms with Crippen molar-refractivity contribution in [1.82, 2.24) is 0 Å². The van der Waals surface area contributed by atoms with Crippen LogP contribution in [0, 0.1) is 0 Å². The summed E-state index contributed by atoms with van der Waals surface area (Å²) in [5.74, 6) is 0.732. The molecule has 4 rings (SSSR count). The van der Waals surface area contributed by atoms with E-state index in [-0.39, 0.29) is 0 Å². The van der Waals surface area contributed by atoms with Crippen LogP contribution in [0.1, 0.15) is 74.1 Å². The first-order valence-corrected chi connectivity index (χ1v) is 10.4. The van der Waals surface area contributed by atoms with Gasteiger partial charge in [-0.15, -0.1) is 0 Å². The smallest absolute Gasteiger partial charge is 0.298 e. The van der Waals surface area contributed by atoms with Crippen LogP contribution in [0.5, 0.6) is 0 Å². The van der Waals surface area contributed by atoms with Crippen LogP contribution in [0.15, 0.2) is 35.6 Å². The Balaban J connectivity index is 1.56. The summed E-state index contributed by atoms with van der Waals surface area (Å²) in [6.07, 6.45) is 15.5. The van der Waals surface area contributed by atoms with Gasteiger partial charge in [-0.1, -0.05) is 74.9 Å². The monoisotopic (exact) mass is 360 g/mol. The Labute approximate surface area is 161 Å². The highest BCUT2D eigenvalue weighted by Gasteiger charge is 2.21. The SMILES string of the molecule is CCCCCCCCC1=Cc2ccc3c4c(ccc(c24)C1)C=C(OC=O)C3. The number of benzene rings is 2. The molecule has 0 N–H and O–H groups in total. The molecular formula is C25H28O2. The number of hydrogen-bond acceptors (Lipinski definition) is 2. The molecule has 0 heterocycles. The summed E-state index contributed by atoms with van der Waals surface area (Å²) in [5.41, 5.74) is 6.80. The second-order valence-electron chi connectivity index (χ2n) is 7.88. The van der Waals surface area contributed by atoms with Crippen LogP contribution in [0.25, 0.3) is 22.9 Å². The number of unbranched alkanes of at least 4 members (excludes halogenated alkanes) is 5. The van der Waals surface area contributed by atoms with Crippen molar-refractivity contribution in [3.8, 4) is 0 Å². The highest BCUT2D eigenvalue weighted by atomic mass is 16.5. The third-order valence-electron chi connectivity index (χ3n) is 5.91. The molecule has 2 aliphatic carbocycles. The van der Waals surface area contributed by atoms with Gasteiger partial charge in [0.25, 0.3) is 6.47 Å². The fraction of sp³-hybridized carbons (Fsp3) is 0.400. The number of carbonyl (C=O) groups excluding carboxylic acids is 1. The summed E-state index contributed by atoms with van der Waals surface area (Å²) in [5, 5.41) is 2.75. The molecule has 27 heavy (non-hydrogen) atoms. The number of ether oxygens (including phenoxy) is 1. The van der Waals surface area contributed by atoms with Gasteiger partial charge in [0.1, 0.15) is 5.76 Å². The normalized spacial score (nSPS) is 14.7. The highest BCUT2D eigenvalue weighted by Crippen LogP contribution is 2.39. The number of carbonyl (C=O) groups is 1. The van der Waals surface area contributed by atoms with Gasteiger partial charge in [-0.2, -0.15) is 0 Å². The first-order valence-electron chi connectivity index (χ1n) is 10.4. The quantitative estimate of drug-likeness (QED) is 0.372. The highest BCUT2D eigenvalue weighted by molar-refractivity contribution is 6.03. The second-order valence-corrected chi connectivity index (χ2v) is 7.88. The second kappa shape index (κ2) is 8.12. The first kappa shape index (κ1) is 18.0. The minimum absolute atomic E-state index is 0.525. The van der Waals surface area contributed by atoms with Crippen LogP contribution in [0.3, 0.4) is 0 Å². The van der Waals surface area contributed by atoms with Gasteiger partial charge in [0.05, 0.1) is 0 Å². The zero-order chi connectivity index (χ0) is 18.6. The molecule has 2 aromatic rings. The van der Waals surface area contributed by atoms with Gasteiger partial charge in [-0.05, 0) is 58.4 Å².